The molecule has 2 amide bonds. The number of alkyl halides is 3. The number of hydrogen-bond donors (Lipinski definition) is 2. The number of likely N-dealkylation sites (tertiary alicyclic amines) is 1. The van der Waals surface area contributed by atoms with E-state index in [1.54, 1.807) is 0 Å². The summed E-state index contributed by atoms with van der Waals surface area (Å²) in [7, 11) is 0. The van der Waals surface area contributed by atoms with Crippen molar-refractivity contribution in [3.63, 3.8) is 0 Å². The summed E-state index contributed by atoms with van der Waals surface area (Å²) in [4.78, 5) is 28.8. The van der Waals surface area contributed by atoms with Crippen LogP contribution in [0.25, 0.3) is 0 Å². The molecule has 0 aromatic carbocycles. The van der Waals surface area contributed by atoms with Gasteiger partial charge >= 0.3 is 6.18 Å². The topological polar surface area (TPSA) is 82.5 Å². The second-order valence-electron chi connectivity index (χ2n) is 5.38. The van der Waals surface area contributed by atoms with Crippen molar-refractivity contribution >= 4 is 17.5 Å². The molecular weight excluding hydrogens is 327 g/mol. The number of carbonyl (C=O) groups is 2. The fourth-order valence-corrected chi connectivity index (χ4v) is 2.56. The van der Waals surface area contributed by atoms with Crippen LogP contribution in [0.15, 0.2) is 24.9 Å². The molecule has 2 heterocycles. The maximum atomic E-state index is 12.9. The van der Waals surface area contributed by atoms with Crippen LogP contribution in [0.5, 0.6) is 0 Å². The Labute approximate surface area is 136 Å². The first-order valence-electron chi connectivity index (χ1n) is 7.11. The molecule has 1 aliphatic rings. The molecular formula is C15H16F3N3O3. The number of aromatic nitrogens is 1. The molecule has 0 saturated carbocycles. The smallest absolute Gasteiger partial charge is 0.390 e. The molecule has 9 heteroatoms. The zero-order valence-corrected chi connectivity index (χ0v) is 12.8. The third-order valence-electron chi connectivity index (χ3n) is 3.75. The zero-order valence-electron chi connectivity index (χ0n) is 12.8. The Bertz CT molecular complexity index is 676. The van der Waals surface area contributed by atoms with Gasteiger partial charge in [0.25, 0.3) is 0 Å². The fraction of sp³-hybridized carbons (Fsp3) is 0.400. The van der Waals surface area contributed by atoms with Crippen LogP contribution in [0, 0.1) is 6.92 Å². The predicted molar refractivity (Wildman–Crippen MR) is 78.9 cm³/mol. The van der Waals surface area contributed by atoms with Gasteiger partial charge in [-0.05, 0) is 25.5 Å². The van der Waals surface area contributed by atoms with Crippen molar-refractivity contribution in [2.24, 2.45) is 0 Å². The number of aliphatic hydroxyl groups is 1. The van der Waals surface area contributed by atoms with Gasteiger partial charge in [-0.3, -0.25) is 14.6 Å². The average molecular weight is 343 g/mol. The van der Waals surface area contributed by atoms with Gasteiger partial charge in [-0.2, -0.15) is 13.2 Å². The van der Waals surface area contributed by atoms with Crippen molar-refractivity contribution < 1.29 is 27.9 Å². The van der Waals surface area contributed by atoms with E-state index < -0.39 is 35.7 Å². The predicted octanol–water partition coefficient (Wildman–Crippen LogP) is 1.50. The summed E-state index contributed by atoms with van der Waals surface area (Å²) in [6.07, 6.45) is -3.42. The quantitative estimate of drug-likeness (QED) is 0.815. The highest BCUT2D eigenvalue weighted by atomic mass is 19.4. The molecule has 0 unspecified atom stereocenters. The van der Waals surface area contributed by atoms with Gasteiger partial charge in [0, 0.05) is 12.2 Å². The number of amides is 2. The standard InChI is InChI=1S/C15H16F3N3O3/c1-3-12(23)21-5-4-11(22)13(21)14(24)20-9-6-10(15(16,17)18)8(2)19-7-9/h3,6-7,11,13,22H,1,4-5H2,2H3,(H,20,24)/t11-,13+/m1/s1. The van der Waals surface area contributed by atoms with E-state index in [4.69, 9.17) is 0 Å². The monoisotopic (exact) mass is 343 g/mol. The summed E-state index contributed by atoms with van der Waals surface area (Å²) in [5, 5.41) is 12.2. The van der Waals surface area contributed by atoms with E-state index in [1.165, 1.54) is 6.92 Å². The second-order valence-corrected chi connectivity index (χ2v) is 5.38. The lowest BCUT2D eigenvalue weighted by Crippen LogP contribution is -2.47. The van der Waals surface area contributed by atoms with Crippen LogP contribution in [0.2, 0.25) is 0 Å². The van der Waals surface area contributed by atoms with E-state index in [2.05, 4.69) is 16.9 Å². The van der Waals surface area contributed by atoms with Crippen molar-refractivity contribution in [2.45, 2.75) is 31.7 Å². The van der Waals surface area contributed by atoms with E-state index in [1.807, 2.05) is 0 Å². The highest BCUT2D eigenvalue weighted by molar-refractivity contribution is 5.99. The first-order valence-corrected chi connectivity index (χ1v) is 7.11. The number of rotatable bonds is 3. The maximum Gasteiger partial charge on any atom is 0.418 e. The Kier molecular flexibility index (Phi) is 4.93. The Morgan fingerprint density at radius 2 is 2.17 bits per heavy atom. The molecule has 2 atom stereocenters. The van der Waals surface area contributed by atoms with Crippen LogP contribution < -0.4 is 5.32 Å². The highest BCUT2D eigenvalue weighted by Gasteiger charge is 2.40. The normalized spacial score (nSPS) is 20.8. The molecule has 0 radical (unpaired) electrons. The Hall–Kier alpha value is -2.42. The van der Waals surface area contributed by atoms with Gasteiger partial charge in [0.2, 0.25) is 11.8 Å². The fourth-order valence-electron chi connectivity index (χ4n) is 2.56. The molecule has 0 bridgehead atoms. The lowest BCUT2D eigenvalue weighted by atomic mass is 10.1. The number of carbonyl (C=O) groups excluding carboxylic acids is 2. The first-order chi connectivity index (χ1) is 11.1. The molecule has 1 aliphatic heterocycles. The van der Waals surface area contributed by atoms with Gasteiger partial charge in [0.1, 0.15) is 6.04 Å². The third-order valence-corrected chi connectivity index (χ3v) is 3.75. The average Bonchev–Trinajstić information content (AvgIpc) is 2.89. The van der Waals surface area contributed by atoms with Crippen molar-refractivity contribution in [3.05, 3.63) is 36.2 Å². The number of aliphatic hydroxyl groups excluding tert-OH is 1. The SMILES string of the molecule is C=CC(=O)N1CC[C@@H](O)[C@H]1C(=O)Nc1cnc(C)c(C(F)(F)F)c1. The number of aryl methyl sites for hydroxylation is 1. The lowest BCUT2D eigenvalue weighted by Gasteiger charge is -2.24. The Balaban J connectivity index is 2.23. The van der Waals surface area contributed by atoms with Crippen LogP contribution in [0.3, 0.4) is 0 Å². The van der Waals surface area contributed by atoms with Crippen molar-refractivity contribution in [2.75, 3.05) is 11.9 Å². The van der Waals surface area contributed by atoms with Crippen LogP contribution in [-0.2, 0) is 15.8 Å². The summed E-state index contributed by atoms with van der Waals surface area (Å²) in [6, 6.07) is -0.424. The minimum absolute atomic E-state index is 0.157. The molecule has 2 N–H and O–H groups in total. The van der Waals surface area contributed by atoms with Gasteiger partial charge in [0.05, 0.1) is 23.6 Å². The third kappa shape index (κ3) is 3.56. The molecule has 1 saturated heterocycles. The van der Waals surface area contributed by atoms with Crippen molar-refractivity contribution in [1.29, 1.82) is 0 Å². The van der Waals surface area contributed by atoms with Gasteiger partial charge in [-0.25, -0.2) is 0 Å². The zero-order chi connectivity index (χ0) is 18.1. The summed E-state index contributed by atoms with van der Waals surface area (Å²) in [5.74, 6) is -1.32. The van der Waals surface area contributed by atoms with Crippen molar-refractivity contribution in [3.8, 4) is 0 Å². The molecule has 6 nitrogen and oxygen atoms in total. The molecule has 1 aromatic heterocycles. The maximum absolute atomic E-state index is 12.9. The molecule has 0 spiro atoms. The van der Waals surface area contributed by atoms with Gasteiger partial charge in [-0.1, -0.05) is 6.58 Å². The number of nitrogens with zero attached hydrogens (tertiary/aromatic N) is 2. The van der Waals surface area contributed by atoms with E-state index in [0.717, 1.165) is 23.2 Å². The van der Waals surface area contributed by atoms with Crippen LogP contribution in [0.1, 0.15) is 17.7 Å². The van der Waals surface area contributed by atoms with E-state index in [0.29, 0.717) is 0 Å². The van der Waals surface area contributed by atoms with Crippen LogP contribution >= 0.6 is 0 Å². The summed E-state index contributed by atoms with van der Waals surface area (Å²) in [5.41, 5.74) is -1.35. The van der Waals surface area contributed by atoms with Crippen molar-refractivity contribution in [1.82, 2.24) is 9.88 Å². The van der Waals surface area contributed by atoms with Crippen LogP contribution in [0.4, 0.5) is 18.9 Å². The summed E-state index contributed by atoms with van der Waals surface area (Å²) < 4.78 is 38.7. The molecule has 2 rings (SSSR count). The van der Waals surface area contributed by atoms with Gasteiger partial charge in [-0.15, -0.1) is 0 Å². The van der Waals surface area contributed by atoms with E-state index in [9.17, 15) is 27.9 Å². The van der Waals surface area contributed by atoms with Gasteiger partial charge < -0.3 is 15.3 Å². The van der Waals surface area contributed by atoms with E-state index in [-0.39, 0.29) is 24.3 Å². The molecule has 0 aliphatic carbocycles. The summed E-state index contributed by atoms with van der Waals surface area (Å²) >= 11 is 0. The molecule has 1 fully saturated rings. The Morgan fingerprint density at radius 3 is 2.75 bits per heavy atom. The Morgan fingerprint density at radius 1 is 1.50 bits per heavy atom. The summed E-state index contributed by atoms with van der Waals surface area (Å²) in [6.45, 7) is 4.68. The minimum Gasteiger partial charge on any atom is -0.390 e. The van der Waals surface area contributed by atoms with Gasteiger partial charge in [0.15, 0.2) is 0 Å². The highest BCUT2D eigenvalue weighted by Crippen LogP contribution is 2.32. The molecule has 1 aromatic rings. The number of pyridine rings is 1. The van der Waals surface area contributed by atoms with Crippen LogP contribution in [-0.4, -0.2) is 45.5 Å². The second kappa shape index (κ2) is 6.60. The number of anilines is 1. The molecule has 130 valence electrons. The lowest BCUT2D eigenvalue weighted by molar-refractivity contribution is -0.138. The largest absolute Gasteiger partial charge is 0.418 e. The minimum atomic E-state index is -4.60. The molecule has 24 heavy (non-hydrogen) atoms. The van der Waals surface area contributed by atoms with E-state index >= 15 is 0 Å². The number of nitrogens with one attached hydrogen (secondary N) is 1. The first kappa shape index (κ1) is 17.9. The number of hydrogen-bond acceptors (Lipinski definition) is 4. The number of halogens is 3.